The zero-order chi connectivity index (χ0) is 31.7. The van der Waals surface area contributed by atoms with Crippen LogP contribution in [0, 0.1) is 6.92 Å². The lowest BCUT2D eigenvalue weighted by atomic mass is 10.0. The number of carbonyl (C=O) groups excluding carboxylic acids is 2. The Morgan fingerprint density at radius 2 is 1.48 bits per heavy atom. The number of nitrogens with zero attached hydrogens (tertiary/aromatic N) is 2. The number of aryl methyl sites for hydroxylation is 1. The van der Waals surface area contributed by atoms with Crippen LogP contribution in [0.3, 0.4) is 0 Å². The minimum absolute atomic E-state index is 0.0638. The standard InChI is InChI=1S/C35H38ClN3O4S/c1-4-27(3)37-35(41)33(23-28-13-7-5-8-14-28)38(24-29-18-20-30(36)21-19-29)34(40)25-39(31-15-11-12-26(2)22-31)44(42,43)32-16-9-6-10-17-32/h5-22,27,33H,4,23-25H2,1-3H3,(H,37,41)/t27-,33+/m0/s1. The van der Waals surface area contributed by atoms with E-state index < -0.39 is 28.5 Å². The minimum Gasteiger partial charge on any atom is -0.352 e. The number of carbonyl (C=O) groups is 2. The van der Waals surface area contributed by atoms with E-state index in [-0.39, 0.29) is 29.8 Å². The zero-order valence-electron chi connectivity index (χ0n) is 25.2. The molecule has 0 saturated carbocycles. The SMILES string of the molecule is CC[C@H](C)NC(=O)[C@@H](Cc1ccccc1)N(Cc1ccc(Cl)cc1)C(=O)CN(c1cccc(C)c1)S(=O)(=O)c1ccccc1. The molecule has 4 aromatic carbocycles. The summed E-state index contributed by atoms with van der Waals surface area (Å²) in [6.07, 6.45) is 0.962. The van der Waals surface area contributed by atoms with Crippen LogP contribution in [0.4, 0.5) is 5.69 Å². The highest BCUT2D eigenvalue weighted by atomic mass is 35.5. The lowest BCUT2D eigenvalue weighted by Crippen LogP contribution is -2.54. The Bertz CT molecular complexity index is 1650. The Kier molecular flexibility index (Phi) is 11.2. The molecular formula is C35H38ClN3O4S. The molecule has 0 radical (unpaired) electrons. The highest BCUT2D eigenvalue weighted by molar-refractivity contribution is 7.92. The summed E-state index contributed by atoms with van der Waals surface area (Å²) in [6, 6.07) is 30.6. The molecule has 9 heteroatoms. The van der Waals surface area contributed by atoms with Gasteiger partial charge in [-0.15, -0.1) is 0 Å². The van der Waals surface area contributed by atoms with Crippen molar-refractivity contribution >= 4 is 39.1 Å². The predicted molar refractivity (Wildman–Crippen MR) is 176 cm³/mol. The van der Waals surface area contributed by atoms with Crippen LogP contribution in [0.15, 0.2) is 114 Å². The fraction of sp³-hybridized carbons (Fsp3) is 0.257. The smallest absolute Gasteiger partial charge is 0.264 e. The Hall–Kier alpha value is -4.14. The van der Waals surface area contributed by atoms with Crippen molar-refractivity contribution in [3.05, 3.63) is 131 Å². The van der Waals surface area contributed by atoms with E-state index in [2.05, 4.69) is 5.32 Å². The Morgan fingerprint density at radius 1 is 0.841 bits per heavy atom. The number of anilines is 1. The van der Waals surface area contributed by atoms with E-state index in [1.807, 2.05) is 57.2 Å². The Balaban J connectivity index is 1.80. The molecule has 44 heavy (non-hydrogen) atoms. The average molecular weight is 632 g/mol. The number of amides is 2. The van der Waals surface area contributed by atoms with Crippen molar-refractivity contribution in [2.24, 2.45) is 0 Å². The summed E-state index contributed by atoms with van der Waals surface area (Å²) < 4.78 is 29.2. The number of halogens is 1. The molecule has 7 nitrogen and oxygen atoms in total. The quantitative estimate of drug-likeness (QED) is 0.185. The third-order valence-electron chi connectivity index (χ3n) is 7.44. The molecule has 0 fully saturated rings. The summed E-state index contributed by atoms with van der Waals surface area (Å²) >= 11 is 6.14. The summed E-state index contributed by atoms with van der Waals surface area (Å²) in [4.78, 5) is 29.9. The molecule has 0 spiro atoms. The van der Waals surface area contributed by atoms with Gasteiger partial charge in [0.15, 0.2) is 0 Å². The molecule has 0 heterocycles. The molecular weight excluding hydrogens is 594 g/mol. The number of sulfonamides is 1. The second kappa shape index (κ2) is 15.0. The maximum Gasteiger partial charge on any atom is 0.264 e. The van der Waals surface area contributed by atoms with Crippen molar-refractivity contribution in [1.82, 2.24) is 10.2 Å². The minimum atomic E-state index is -4.14. The third kappa shape index (κ3) is 8.49. The Morgan fingerprint density at radius 3 is 2.09 bits per heavy atom. The normalized spacial score (nSPS) is 12.6. The van der Waals surface area contributed by atoms with Gasteiger partial charge in [0.1, 0.15) is 12.6 Å². The molecule has 2 atom stereocenters. The lowest BCUT2D eigenvalue weighted by molar-refractivity contribution is -0.140. The monoisotopic (exact) mass is 631 g/mol. The topological polar surface area (TPSA) is 86.8 Å². The van der Waals surface area contributed by atoms with E-state index in [1.165, 1.54) is 17.0 Å². The second-order valence-electron chi connectivity index (χ2n) is 10.8. The van der Waals surface area contributed by atoms with Crippen molar-refractivity contribution in [3.8, 4) is 0 Å². The maximum atomic E-state index is 14.5. The van der Waals surface area contributed by atoms with Gasteiger partial charge in [0.25, 0.3) is 10.0 Å². The number of rotatable bonds is 13. The van der Waals surface area contributed by atoms with E-state index in [4.69, 9.17) is 11.6 Å². The number of nitrogens with one attached hydrogen (secondary N) is 1. The van der Waals surface area contributed by atoms with Crippen LogP contribution in [0.2, 0.25) is 5.02 Å². The van der Waals surface area contributed by atoms with Gasteiger partial charge >= 0.3 is 0 Å². The molecule has 0 aliphatic rings. The fourth-order valence-corrected chi connectivity index (χ4v) is 6.37. The van der Waals surface area contributed by atoms with Crippen LogP contribution < -0.4 is 9.62 Å². The molecule has 0 aromatic heterocycles. The van der Waals surface area contributed by atoms with Crippen LogP contribution in [-0.4, -0.2) is 43.8 Å². The van der Waals surface area contributed by atoms with Crippen LogP contribution in [-0.2, 0) is 32.6 Å². The van der Waals surface area contributed by atoms with Crippen LogP contribution in [0.5, 0.6) is 0 Å². The van der Waals surface area contributed by atoms with Gasteiger partial charge in [0.05, 0.1) is 10.6 Å². The van der Waals surface area contributed by atoms with Gasteiger partial charge in [0, 0.05) is 24.0 Å². The number of hydrogen-bond donors (Lipinski definition) is 1. The van der Waals surface area contributed by atoms with Crippen molar-refractivity contribution in [1.29, 1.82) is 0 Å². The molecule has 0 saturated heterocycles. The molecule has 2 amide bonds. The van der Waals surface area contributed by atoms with Crippen molar-refractivity contribution in [3.63, 3.8) is 0 Å². The summed E-state index contributed by atoms with van der Waals surface area (Å²) in [6.45, 7) is 5.32. The van der Waals surface area contributed by atoms with Crippen LogP contribution in [0.1, 0.15) is 37.0 Å². The summed E-state index contributed by atoms with van der Waals surface area (Å²) in [5.74, 6) is -0.820. The van der Waals surface area contributed by atoms with Gasteiger partial charge in [-0.05, 0) is 73.4 Å². The summed E-state index contributed by atoms with van der Waals surface area (Å²) in [7, 11) is -4.14. The van der Waals surface area contributed by atoms with E-state index in [0.29, 0.717) is 17.1 Å². The van der Waals surface area contributed by atoms with Gasteiger partial charge in [-0.1, -0.05) is 91.3 Å². The molecule has 0 aliphatic carbocycles. The highest BCUT2D eigenvalue weighted by Gasteiger charge is 2.35. The average Bonchev–Trinajstić information content (AvgIpc) is 3.03. The second-order valence-corrected chi connectivity index (χ2v) is 13.1. The first-order valence-corrected chi connectivity index (χ1v) is 16.4. The van der Waals surface area contributed by atoms with E-state index in [9.17, 15) is 18.0 Å². The fourth-order valence-electron chi connectivity index (χ4n) is 4.81. The largest absolute Gasteiger partial charge is 0.352 e. The molecule has 0 unspecified atom stereocenters. The van der Waals surface area contributed by atoms with Crippen LogP contribution in [0.25, 0.3) is 0 Å². The van der Waals surface area contributed by atoms with E-state index in [0.717, 1.165) is 21.0 Å². The van der Waals surface area contributed by atoms with Gasteiger partial charge in [-0.25, -0.2) is 8.42 Å². The van der Waals surface area contributed by atoms with Gasteiger partial charge in [-0.2, -0.15) is 0 Å². The first kappa shape index (κ1) is 32.8. The van der Waals surface area contributed by atoms with Gasteiger partial charge in [0.2, 0.25) is 11.8 Å². The lowest BCUT2D eigenvalue weighted by Gasteiger charge is -2.34. The van der Waals surface area contributed by atoms with Gasteiger partial charge < -0.3 is 10.2 Å². The summed E-state index contributed by atoms with van der Waals surface area (Å²) in [5.41, 5.74) is 2.83. The molecule has 4 aromatic rings. The maximum absolute atomic E-state index is 14.5. The molecule has 0 bridgehead atoms. The summed E-state index contributed by atoms with van der Waals surface area (Å²) in [5, 5.41) is 3.59. The zero-order valence-corrected chi connectivity index (χ0v) is 26.8. The molecule has 230 valence electrons. The first-order chi connectivity index (χ1) is 21.1. The van der Waals surface area contributed by atoms with Crippen molar-refractivity contribution < 1.29 is 18.0 Å². The molecule has 0 aliphatic heterocycles. The number of benzene rings is 4. The first-order valence-electron chi connectivity index (χ1n) is 14.6. The van der Waals surface area contributed by atoms with Crippen molar-refractivity contribution in [2.45, 2.75) is 57.1 Å². The Labute approximate surface area is 265 Å². The molecule has 1 N–H and O–H groups in total. The molecule has 4 rings (SSSR count). The predicted octanol–water partition coefficient (Wildman–Crippen LogP) is 6.40. The van der Waals surface area contributed by atoms with Gasteiger partial charge in [-0.3, -0.25) is 13.9 Å². The highest BCUT2D eigenvalue weighted by Crippen LogP contribution is 2.26. The third-order valence-corrected chi connectivity index (χ3v) is 9.48. The van der Waals surface area contributed by atoms with E-state index in [1.54, 1.807) is 60.7 Å². The van der Waals surface area contributed by atoms with Crippen LogP contribution >= 0.6 is 11.6 Å². The van der Waals surface area contributed by atoms with Crippen molar-refractivity contribution in [2.75, 3.05) is 10.8 Å². The van der Waals surface area contributed by atoms with E-state index >= 15 is 0 Å². The number of hydrogen-bond acceptors (Lipinski definition) is 4.